The fraction of sp³-hybridized carbons (Fsp3) is 0.500. The lowest BCUT2D eigenvalue weighted by Crippen LogP contribution is -2.34. The summed E-state index contributed by atoms with van der Waals surface area (Å²) in [6, 6.07) is 2.64. The van der Waals surface area contributed by atoms with Crippen molar-refractivity contribution in [2.75, 3.05) is 7.05 Å². The second-order valence-corrected chi connectivity index (χ2v) is 7.03. The molecule has 0 saturated carbocycles. The van der Waals surface area contributed by atoms with E-state index >= 15 is 0 Å². The van der Waals surface area contributed by atoms with Gasteiger partial charge in [0.2, 0.25) is 10.0 Å². The lowest BCUT2D eigenvalue weighted by molar-refractivity contribution is 0.281. The number of aliphatic hydroxyl groups is 1. The smallest absolute Gasteiger partial charge is 0.244 e. The van der Waals surface area contributed by atoms with Crippen LogP contribution in [0.4, 0.5) is 0 Å². The third kappa shape index (κ3) is 3.23. The SMILES string of the molecule is CCC(C)N(C)S(=O)(=O)c1ccc(Cl)c(CO)c1Cl. The molecule has 1 atom stereocenters. The Kier molecular flexibility index (Phi) is 5.65. The maximum absolute atomic E-state index is 12.4. The van der Waals surface area contributed by atoms with E-state index in [0.29, 0.717) is 6.42 Å². The molecular weight excluding hydrogens is 309 g/mol. The molecule has 1 unspecified atom stereocenters. The number of sulfonamides is 1. The summed E-state index contributed by atoms with van der Waals surface area (Å²) in [6.07, 6.45) is 0.688. The van der Waals surface area contributed by atoms with Crippen molar-refractivity contribution in [2.24, 2.45) is 0 Å². The van der Waals surface area contributed by atoms with Gasteiger partial charge in [0.15, 0.2) is 0 Å². The Morgan fingerprint density at radius 3 is 2.42 bits per heavy atom. The Morgan fingerprint density at radius 1 is 1.37 bits per heavy atom. The predicted octanol–water partition coefficient (Wildman–Crippen LogP) is 2.90. The number of hydrogen-bond acceptors (Lipinski definition) is 3. The van der Waals surface area contributed by atoms with Gasteiger partial charge in [-0.2, -0.15) is 4.31 Å². The van der Waals surface area contributed by atoms with Crippen LogP contribution in [0, 0.1) is 0 Å². The third-order valence-electron chi connectivity index (χ3n) is 3.18. The highest BCUT2D eigenvalue weighted by Crippen LogP contribution is 2.33. The highest BCUT2D eigenvalue weighted by Gasteiger charge is 2.28. The molecule has 0 radical (unpaired) electrons. The minimum atomic E-state index is -3.70. The first kappa shape index (κ1) is 16.7. The summed E-state index contributed by atoms with van der Waals surface area (Å²) >= 11 is 11.9. The van der Waals surface area contributed by atoms with E-state index in [9.17, 15) is 13.5 Å². The molecule has 0 aliphatic rings. The fourth-order valence-corrected chi connectivity index (χ4v) is 3.87. The zero-order valence-corrected chi connectivity index (χ0v) is 13.3. The molecule has 0 spiro atoms. The molecule has 1 rings (SSSR count). The summed E-state index contributed by atoms with van der Waals surface area (Å²) in [5.41, 5.74) is 0.224. The summed E-state index contributed by atoms with van der Waals surface area (Å²) in [5.74, 6) is 0. The van der Waals surface area contributed by atoms with E-state index in [1.807, 2.05) is 13.8 Å². The van der Waals surface area contributed by atoms with Crippen molar-refractivity contribution in [3.63, 3.8) is 0 Å². The Labute approximate surface area is 124 Å². The maximum atomic E-state index is 12.4. The lowest BCUT2D eigenvalue weighted by atomic mass is 10.2. The van der Waals surface area contributed by atoms with Crippen LogP contribution < -0.4 is 0 Å². The number of halogens is 2. The number of rotatable bonds is 5. The first-order valence-electron chi connectivity index (χ1n) is 5.83. The van der Waals surface area contributed by atoms with Crippen LogP contribution >= 0.6 is 23.2 Å². The van der Waals surface area contributed by atoms with Crippen LogP contribution in [0.5, 0.6) is 0 Å². The highest BCUT2D eigenvalue weighted by atomic mass is 35.5. The Hall–Kier alpha value is -0.330. The molecule has 108 valence electrons. The first-order valence-corrected chi connectivity index (χ1v) is 8.02. The van der Waals surface area contributed by atoms with Gasteiger partial charge in [-0.25, -0.2) is 8.42 Å². The molecule has 0 bridgehead atoms. The molecule has 4 nitrogen and oxygen atoms in total. The molecule has 1 aromatic carbocycles. The van der Waals surface area contributed by atoms with Crippen LogP contribution in [0.25, 0.3) is 0 Å². The number of nitrogens with zero attached hydrogens (tertiary/aromatic N) is 1. The Balaban J connectivity index is 3.38. The van der Waals surface area contributed by atoms with Gasteiger partial charge in [0.1, 0.15) is 4.90 Å². The average Bonchev–Trinajstić information content (AvgIpc) is 2.37. The van der Waals surface area contributed by atoms with Crippen LogP contribution in [-0.4, -0.2) is 30.9 Å². The van der Waals surface area contributed by atoms with Crippen LogP contribution in [0.15, 0.2) is 17.0 Å². The van der Waals surface area contributed by atoms with Gasteiger partial charge in [-0.1, -0.05) is 30.1 Å². The van der Waals surface area contributed by atoms with E-state index in [2.05, 4.69) is 0 Å². The van der Waals surface area contributed by atoms with Gasteiger partial charge in [-0.3, -0.25) is 0 Å². The van der Waals surface area contributed by atoms with Gasteiger partial charge in [0.05, 0.1) is 11.6 Å². The molecule has 0 heterocycles. The molecule has 1 aromatic rings. The lowest BCUT2D eigenvalue weighted by Gasteiger charge is -2.24. The zero-order chi connectivity index (χ0) is 14.8. The maximum Gasteiger partial charge on any atom is 0.244 e. The van der Waals surface area contributed by atoms with Crippen LogP contribution in [0.1, 0.15) is 25.8 Å². The molecule has 7 heteroatoms. The topological polar surface area (TPSA) is 57.6 Å². The van der Waals surface area contributed by atoms with Crippen molar-refractivity contribution in [1.29, 1.82) is 0 Å². The molecule has 0 aliphatic heterocycles. The summed E-state index contributed by atoms with van der Waals surface area (Å²) < 4.78 is 26.2. The fourth-order valence-electron chi connectivity index (χ4n) is 1.57. The number of hydrogen-bond donors (Lipinski definition) is 1. The molecular formula is C12H17Cl2NO3S. The van der Waals surface area contributed by atoms with Crippen molar-refractivity contribution in [3.05, 3.63) is 27.7 Å². The van der Waals surface area contributed by atoms with Gasteiger partial charge in [0.25, 0.3) is 0 Å². The second-order valence-electron chi connectivity index (χ2n) is 4.27. The van der Waals surface area contributed by atoms with Gasteiger partial charge < -0.3 is 5.11 Å². The Bertz CT molecular complexity index is 560. The predicted molar refractivity (Wildman–Crippen MR) is 77.1 cm³/mol. The van der Waals surface area contributed by atoms with E-state index in [1.165, 1.54) is 23.5 Å². The monoisotopic (exact) mass is 325 g/mol. The second kappa shape index (κ2) is 6.41. The average molecular weight is 326 g/mol. The summed E-state index contributed by atoms with van der Waals surface area (Å²) in [6.45, 7) is 3.31. The van der Waals surface area contributed by atoms with Crippen molar-refractivity contribution >= 4 is 33.2 Å². The standard InChI is InChI=1S/C12H17Cl2NO3S/c1-4-8(2)15(3)19(17,18)11-6-5-10(13)9(7-16)12(11)14/h5-6,8,16H,4,7H2,1-3H3. The van der Waals surface area contributed by atoms with Gasteiger partial charge in [0, 0.05) is 23.7 Å². The van der Waals surface area contributed by atoms with Gasteiger partial charge in [-0.05, 0) is 25.5 Å². The normalized spacial score (nSPS) is 13.8. The van der Waals surface area contributed by atoms with E-state index in [-0.39, 0.29) is 26.5 Å². The van der Waals surface area contributed by atoms with Crippen LogP contribution in [0.2, 0.25) is 10.0 Å². The van der Waals surface area contributed by atoms with Gasteiger partial charge in [-0.15, -0.1) is 0 Å². The van der Waals surface area contributed by atoms with E-state index in [0.717, 1.165) is 0 Å². The largest absolute Gasteiger partial charge is 0.392 e. The van der Waals surface area contributed by atoms with E-state index < -0.39 is 16.6 Å². The molecule has 19 heavy (non-hydrogen) atoms. The molecule has 0 saturated heterocycles. The molecule has 0 aliphatic carbocycles. The van der Waals surface area contributed by atoms with Crippen LogP contribution in [0.3, 0.4) is 0 Å². The number of aliphatic hydroxyl groups excluding tert-OH is 1. The number of benzene rings is 1. The first-order chi connectivity index (χ1) is 8.77. The molecule has 1 N–H and O–H groups in total. The van der Waals surface area contributed by atoms with Crippen molar-refractivity contribution in [3.8, 4) is 0 Å². The summed E-state index contributed by atoms with van der Waals surface area (Å²) in [5, 5.41) is 9.43. The zero-order valence-electron chi connectivity index (χ0n) is 11.0. The Morgan fingerprint density at radius 2 is 1.95 bits per heavy atom. The summed E-state index contributed by atoms with van der Waals surface area (Å²) in [7, 11) is -2.19. The summed E-state index contributed by atoms with van der Waals surface area (Å²) in [4.78, 5) is -0.0367. The van der Waals surface area contributed by atoms with Crippen molar-refractivity contribution in [1.82, 2.24) is 4.31 Å². The third-order valence-corrected chi connectivity index (χ3v) is 6.09. The minimum absolute atomic E-state index is 0.0230. The van der Waals surface area contributed by atoms with Crippen molar-refractivity contribution in [2.45, 2.75) is 37.8 Å². The van der Waals surface area contributed by atoms with E-state index in [1.54, 1.807) is 0 Å². The van der Waals surface area contributed by atoms with Gasteiger partial charge >= 0.3 is 0 Å². The molecule has 0 amide bonds. The van der Waals surface area contributed by atoms with Crippen molar-refractivity contribution < 1.29 is 13.5 Å². The quantitative estimate of drug-likeness (QED) is 0.905. The molecule has 0 aromatic heterocycles. The van der Waals surface area contributed by atoms with Crippen LogP contribution in [-0.2, 0) is 16.6 Å². The minimum Gasteiger partial charge on any atom is -0.392 e. The highest BCUT2D eigenvalue weighted by molar-refractivity contribution is 7.89. The van der Waals surface area contributed by atoms with E-state index in [4.69, 9.17) is 23.2 Å². The molecule has 0 fully saturated rings.